The summed E-state index contributed by atoms with van der Waals surface area (Å²) in [6.07, 6.45) is -0.291. The van der Waals surface area contributed by atoms with Crippen molar-refractivity contribution in [3.8, 4) is 5.75 Å². The Morgan fingerprint density at radius 2 is 2.05 bits per heavy atom. The van der Waals surface area contributed by atoms with Crippen molar-refractivity contribution < 1.29 is 14.3 Å². The zero-order chi connectivity index (χ0) is 17.1. The van der Waals surface area contributed by atoms with Gasteiger partial charge in [0, 0.05) is 16.1 Å². The van der Waals surface area contributed by atoms with Gasteiger partial charge in [0.25, 0.3) is 0 Å². The summed E-state index contributed by atoms with van der Waals surface area (Å²) in [6, 6.07) is 1.79. The number of benzene rings is 1. The summed E-state index contributed by atoms with van der Waals surface area (Å²) in [4.78, 5) is 12.0. The van der Waals surface area contributed by atoms with Gasteiger partial charge in [0.15, 0.2) is 0 Å². The van der Waals surface area contributed by atoms with Gasteiger partial charge in [-0.2, -0.15) is 0 Å². The smallest absolute Gasteiger partial charge is 0.408 e. The van der Waals surface area contributed by atoms with E-state index in [9.17, 15) is 4.79 Å². The van der Waals surface area contributed by atoms with Gasteiger partial charge in [-0.05, 0) is 61.7 Å². The Morgan fingerprint density at radius 3 is 2.50 bits per heavy atom. The molecule has 0 aliphatic carbocycles. The van der Waals surface area contributed by atoms with Gasteiger partial charge < -0.3 is 14.8 Å². The van der Waals surface area contributed by atoms with Crippen LogP contribution in [0.5, 0.6) is 5.75 Å². The van der Waals surface area contributed by atoms with Gasteiger partial charge in [-0.25, -0.2) is 4.79 Å². The maximum atomic E-state index is 12.0. The molecule has 0 heterocycles. The molecule has 124 valence electrons. The number of amides is 1. The molecule has 0 bridgehead atoms. The topological polar surface area (TPSA) is 47.6 Å². The van der Waals surface area contributed by atoms with Crippen molar-refractivity contribution >= 4 is 33.6 Å². The predicted octanol–water partition coefficient (Wildman–Crippen LogP) is 5.40. The van der Waals surface area contributed by atoms with Crippen molar-refractivity contribution in [2.75, 3.05) is 7.11 Å². The van der Waals surface area contributed by atoms with E-state index >= 15 is 0 Å². The highest BCUT2D eigenvalue weighted by Gasteiger charge is 2.24. The van der Waals surface area contributed by atoms with Crippen LogP contribution in [0.15, 0.2) is 10.5 Å². The number of carbonyl (C=O) groups excluding carboxylic acids is 1. The molecule has 0 aliphatic heterocycles. The van der Waals surface area contributed by atoms with E-state index < -0.39 is 12.2 Å². The number of carbonyl (C=O) groups is 1. The monoisotopic (exact) mass is 391 g/mol. The van der Waals surface area contributed by atoms with Crippen molar-refractivity contribution in [3.05, 3.63) is 26.7 Å². The Bertz CT molecular complexity index is 555. The van der Waals surface area contributed by atoms with Crippen LogP contribution in [-0.4, -0.2) is 18.7 Å². The Hall–Kier alpha value is -0.940. The van der Waals surface area contributed by atoms with Crippen LogP contribution in [0.2, 0.25) is 5.02 Å². The number of methoxy groups -OCH3 is 1. The Morgan fingerprint density at radius 1 is 1.45 bits per heavy atom. The SMILES string of the molecule is CCC(OC(=O)NC(C)(C)C)c1cc(Cl)c(C)c(Br)c1OC. The molecular formula is C16H23BrClNO3. The number of alkyl carbamates (subject to hydrolysis) is 1. The quantitative estimate of drug-likeness (QED) is 0.746. The highest BCUT2D eigenvalue weighted by Crippen LogP contribution is 2.41. The third-order valence-electron chi connectivity index (χ3n) is 3.08. The van der Waals surface area contributed by atoms with E-state index in [0.29, 0.717) is 17.2 Å². The van der Waals surface area contributed by atoms with Crippen molar-refractivity contribution in [1.29, 1.82) is 0 Å². The molecule has 1 rings (SSSR count). The summed E-state index contributed by atoms with van der Waals surface area (Å²) in [5, 5.41) is 3.38. The Kier molecular flexibility index (Phi) is 6.56. The second-order valence-electron chi connectivity index (χ2n) is 6.10. The minimum Gasteiger partial charge on any atom is -0.495 e. The standard InChI is InChI=1S/C16H23BrClNO3/c1-7-12(22-15(20)19-16(3,4)5)10-8-11(18)9(2)13(17)14(10)21-6/h8,12H,7H2,1-6H3,(H,19,20). The normalized spacial score (nSPS) is 12.7. The molecule has 1 aromatic rings. The fourth-order valence-electron chi connectivity index (χ4n) is 1.99. The van der Waals surface area contributed by atoms with Gasteiger partial charge in [0.05, 0.1) is 11.6 Å². The maximum Gasteiger partial charge on any atom is 0.408 e. The van der Waals surface area contributed by atoms with Gasteiger partial charge in [-0.15, -0.1) is 0 Å². The van der Waals surface area contributed by atoms with E-state index in [0.717, 1.165) is 15.6 Å². The largest absolute Gasteiger partial charge is 0.495 e. The molecule has 0 aromatic heterocycles. The number of ether oxygens (including phenoxy) is 2. The molecule has 0 radical (unpaired) electrons. The second kappa shape index (κ2) is 7.55. The lowest BCUT2D eigenvalue weighted by molar-refractivity contribution is 0.0874. The molecule has 0 spiro atoms. The third-order valence-corrected chi connectivity index (χ3v) is 4.43. The molecule has 1 aromatic carbocycles. The summed E-state index contributed by atoms with van der Waals surface area (Å²) in [5.74, 6) is 0.636. The summed E-state index contributed by atoms with van der Waals surface area (Å²) in [5.41, 5.74) is 1.28. The number of hydrogen-bond acceptors (Lipinski definition) is 3. The number of hydrogen-bond donors (Lipinski definition) is 1. The van der Waals surface area contributed by atoms with E-state index in [1.54, 1.807) is 13.2 Å². The molecule has 1 unspecified atom stereocenters. The minimum atomic E-state index is -0.464. The Balaban J connectivity index is 3.13. The molecule has 1 amide bonds. The van der Waals surface area contributed by atoms with Crippen molar-refractivity contribution in [3.63, 3.8) is 0 Å². The van der Waals surface area contributed by atoms with Crippen LogP contribution >= 0.6 is 27.5 Å². The first kappa shape index (κ1) is 19.1. The maximum absolute atomic E-state index is 12.0. The summed E-state index contributed by atoms with van der Waals surface area (Å²) >= 11 is 9.74. The zero-order valence-corrected chi connectivity index (χ0v) is 16.2. The molecular weight excluding hydrogens is 370 g/mol. The van der Waals surface area contributed by atoms with Crippen molar-refractivity contribution in [1.82, 2.24) is 5.32 Å². The van der Waals surface area contributed by atoms with Crippen LogP contribution in [0.3, 0.4) is 0 Å². The molecule has 0 aliphatic rings. The van der Waals surface area contributed by atoms with Crippen LogP contribution < -0.4 is 10.1 Å². The van der Waals surface area contributed by atoms with Crippen molar-refractivity contribution in [2.45, 2.75) is 52.7 Å². The number of nitrogens with one attached hydrogen (secondary N) is 1. The molecule has 0 saturated heterocycles. The van der Waals surface area contributed by atoms with Crippen LogP contribution in [0.1, 0.15) is 51.3 Å². The number of rotatable bonds is 4. The zero-order valence-electron chi connectivity index (χ0n) is 13.8. The molecule has 6 heteroatoms. The first-order valence-corrected chi connectivity index (χ1v) is 8.29. The fraction of sp³-hybridized carbons (Fsp3) is 0.562. The van der Waals surface area contributed by atoms with Crippen molar-refractivity contribution in [2.24, 2.45) is 0 Å². The second-order valence-corrected chi connectivity index (χ2v) is 7.30. The van der Waals surface area contributed by atoms with Gasteiger partial charge in [0.2, 0.25) is 0 Å². The molecule has 0 saturated carbocycles. The lowest BCUT2D eigenvalue weighted by atomic mass is 10.0. The molecule has 4 nitrogen and oxygen atoms in total. The van der Waals surface area contributed by atoms with E-state index in [1.807, 2.05) is 34.6 Å². The lowest BCUT2D eigenvalue weighted by Gasteiger charge is -2.25. The van der Waals surface area contributed by atoms with Crippen LogP contribution in [-0.2, 0) is 4.74 Å². The van der Waals surface area contributed by atoms with Gasteiger partial charge in [-0.3, -0.25) is 0 Å². The first-order chi connectivity index (χ1) is 10.1. The summed E-state index contributed by atoms with van der Waals surface area (Å²) < 4.78 is 11.8. The van der Waals surface area contributed by atoms with Crippen LogP contribution in [0, 0.1) is 6.92 Å². The van der Waals surface area contributed by atoms with Gasteiger partial charge in [0.1, 0.15) is 11.9 Å². The van der Waals surface area contributed by atoms with E-state index in [-0.39, 0.29) is 5.54 Å². The predicted molar refractivity (Wildman–Crippen MR) is 92.8 cm³/mol. The molecule has 22 heavy (non-hydrogen) atoms. The average molecular weight is 393 g/mol. The first-order valence-electron chi connectivity index (χ1n) is 7.12. The highest BCUT2D eigenvalue weighted by molar-refractivity contribution is 9.10. The summed E-state index contributed by atoms with van der Waals surface area (Å²) in [6.45, 7) is 9.53. The Labute approximate surface area is 145 Å². The van der Waals surface area contributed by atoms with E-state index in [1.165, 1.54) is 0 Å². The van der Waals surface area contributed by atoms with Crippen LogP contribution in [0.4, 0.5) is 4.79 Å². The minimum absolute atomic E-state index is 0.356. The number of halogens is 2. The fourth-order valence-corrected chi connectivity index (χ4v) is 2.92. The third kappa shape index (κ3) is 4.78. The van der Waals surface area contributed by atoms with Crippen LogP contribution in [0.25, 0.3) is 0 Å². The van der Waals surface area contributed by atoms with E-state index in [4.69, 9.17) is 21.1 Å². The highest BCUT2D eigenvalue weighted by atomic mass is 79.9. The molecule has 0 fully saturated rings. The van der Waals surface area contributed by atoms with Gasteiger partial charge in [-0.1, -0.05) is 18.5 Å². The molecule has 1 atom stereocenters. The average Bonchev–Trinajstić information content (AvgIpc) is 2.40. The summed E-state index contributed by atoms with van der Waals surface area (Å²) in [7, 11) is 1.58. The van der Waals surface area contributed by atoms with Gasteiger partial charge >= 0.3 is 6.09 Å². The lowest BCUT2D eigenvalue weighted by Crippen LogP contribution is -2.41. The molecule has 1 N–H and O–H groups in total. The van der Waals surface area contributed by atoms with E-state index in [2.05, 4.69) is 21.2 Å².